The van der Waals surface area contributed by atoms with Crippen LogP contribution in [0.5, 0.6) is 0 Å². The second-order valence-corrected chi connectivity index (χ2v) is 11.3. The summed E-state index contributed by atoms with van der Waals surface area (Å²) in [6, 6.07) is 6.23. The minimum absolute atomic E-state index is 0.0389. The third-order valence-electron chi connectivity index (χ3n) is 6.07. The quantitative estimate of drug-likeness (QED) is 0.391. The standard InChI is InChI=1S/C27H43N3O4S/c1-7-8-17-28-24(31)23(20-14-12-19(2)13-15-20)30(21-10-9-11-21)25(32)22(16-18-35-6)29-26(33)34-27(3,4)5/h12-15,21-23H,7-11,16-18H2,1-6H3,(H,28,31)(H,29,33). The number of aryl methyl sites for hydroxylation is 1. The van der Waals surface area contributed by atoms with E-state index in [0.717, 1.165) is 43.2 Å². The van der Waals surface area contributed by atoms with Crippen molar-refractivity contribution in [3.8, 4) is 0 Å². The predicted octanol–water partition coefficient (Wildman–Crippen LogP) is 4.98. The zero-order chi connectivity index (χ0) is 26.0. The maximum atomic E-state index is 14.1. The van der Waals surface area contributed by atoms with Crippen molar-refractivity contribution in [1.82, 2.24) is 15.5 Å². The average molecular weight is 506 g/mol. The largest absolute Gasteiger partial charge is 0.444 e. The first-order valence-corrected chi connectivity index (χ1v) is 14.1. The zero-order valence-corrected chi connectivity index (χ0v) is 23.0. The molecule has 1 aliphatic rings. The van der Waals surface area contributed by atoms with E-state index in [1.807, 2.05) is 37.4 Å². The molecule has 8 heteroatoms. The lowest BCUT2D eigenvalue weighted by Crippen LogP contribution is -2.57. The highest BCUT2D eigenvalue weighted by Gasteiger charge is 2.41. The van der Waals surface area contributed by atoms with E-state index in [4.69, 9.17) is 4.74 Å². The van der Waals surface area contributed by atoms with Gasteiger partial charge in [0.25, 0.3) is 0 Å². The van der Waals surface area contributed by atoms with Gasteiger partial charge in [-0.25, -0.2) is 4.79 Å². The fourth-order valence-electron chi connectivity index (χ4n) is 3.98. The smallest absolute Gasteiger partial charge is 0.408 e. The molecular weight excluding hydrogens is 462 g/mol. The van der Waals surface area contributed by atoms with E-state index in [0.29, 0.717) is 18.7 Å². The van der Waals surface area contributed by atoms with Crippen molar-refractivity contribution in [2.75, 3.05) is 18.6 Å². The Morgan fingerprint density at radius 2 is 1.83 bits per heavy atom. The van der Waals surface area contributed by atoms with Crippen LogP contribution in [0.15, 0.2) is 24.3 Å². The molecule has 7 nitrogen and oxygen atoms in total. The Hall–Kier alpha value is -2.22. The molecule has 0 aliphatic heterocycles. The molecule has 196 valence electrons. The second kappa shape index (κ2) is 13.8. The number of unbranched alkanes of at least 4 members (excludes halogenated alkanes) is 1. The highest BCUT2D eigenvalue weighted by molar-refractivity contribution is 7.98. The van der Waals surface area contributed by atoms with Gasteiger partial charge in [-0.15, -0.1) is 0 Å². The summed E-state index contributed by atoms with van der Waals surface area (Å²) in [6.45, 7) is 10.0. The summed E-state index contributed by atoms with van der Waals surface area (Å²) in [5, 5.41) is 5.84. The monoisotopic (exact) mass is 505 g/mol. The van der Waals surface area contributed by atoms with E-state index < -0.39 is 23.8 Å². The zero-order valence-electron chi connectivity index (χ0n) is 22.2. The van der Waals surface area contributed by atoms with Gasteiger partial charge in [0.15, 0.2) is 0 Å². The Kier molecular flexibility index (Phi) is 11.4. The van der Waals surface area contributed by atoms with Crippen molar-refractivity contribution in [2.24, 2.45) is 0 Å². The molecule has 0 heterocycles. The Morgan fingerprint density at radius 3 is 2.34 bits per heavy atom. The van der Waals surface area contributed by atoms with Gasteiger partial charge in [0, 0.05) is 12.6 Å². The molecule has 0 spiro atoms. The molecule has 2 unspecified atom stereocenters. The summed E-state index contributed by atoms with van der Waals surface area (Å²) in [7, 11) is 0. The van der Waals surface area contributed by atoms with Crippen LogP contribution in [0.2, 0.25) is 0 Å². The molecule has 0 bridgehead atoms. The number of nitrogens with zero attached hydrogens (tertiary/aromatic N) is 1. The molecule has 1 fully saturated rings. The number of carbonyl (C=O) groups excluding carboxylic acids is 3. The van der Waals surface area contributed by atoms with Crippen LogP contribution in [0.25, 0.3) is 0 Å². The first kappa shape index (κ1) is 29.0. The summed E-state index contributed by atoms with van der Waals surface area (Å²) in [5.74, 6) is 0.289. The van der Waals surface area contributed by atoms with Gasteiger partial charge in [0.2, 0.25) is 11.8 Å². The minimum atomic E-state index is -0.769. The van der Waals surface area contributed by atoms with Crippen molar-refractivity contribution < 1.29 is 19.1 Å². The molecule has 1 saturated carbocycles. The Bertz CT molecular complexity index is 834. The van der Waals surface area contributed by atoms with Gasteiger partial charge in [-0.1, -0.05) is 43.2 Å². The van der Waals surface area contributed by atoms with Gasteiger partial charge >= 0.3 is 6.09 Å². The highest BCUT2D eigenvalue weighted by Crippen LogP contribution is 2.34. The van der Waals surface area contributed by atoms with E-state index in [9.17, 15) is 14.4 Å². The normalized spacial score (nSPS) is 15.5. The lowest BCUT2D eigenvalue weighted by molar-refractivity contribution is -0.147. The van der Waals surface area contributed by atoms with Crippen LogP contribution in [0.4, 0.5) is 4.79 Å². The van der Waals surface area contributed by atoms with Crippen LogP contribution in [0.1, 0.15) is 83.4 Å². The maximum Gasteiger partial charge on any atom is 0.408 e. The number of hydrogen-bond acceptors (Lipinski definition) is 5. The van der Waals surface area contributed by atoms with E-state index in [1.165, 1.54) is 0 Å². The number of ether oxygens (including phenoxy) is 1. The van der Waals surface area contributed by atoms with Crippen molar-refractivity contribution in [2.45, 2.75) is 96.9 Å². The van der Waals surface area contributed by atoms with Gasteiger partial charge in [0.1, 0.15) is 17.7 Å². The second-order valence-electron chi connectivity index (χ2n) is 10.3. The van der Waals surface area contributed by atoms with Crippen LogP contribution in [0.3, 0.4) is 0 Å². The summed E-state index contributed by atoms with van der Waals surface area (Å²) in [4.78, 5) is 41.9. The Morgan fingerprint density at radius 1 is 1.17 bits per heavy atom. The maximum absolute atomic E-state index is 14.1. The summed E-state index contributed by atoms with van der Waals surface area (Å²) in [6.07, 6.45) is 6.36. The van der Waals surface area contributed by atoms with Gasteiger partial charge in [-0.3, -0.25) is 9.59 Å². The third-order valence-corrected chi connectivity index (χ3v) is 6.72. The lowest BCUT2D eigenvalue weighted by Gasteiger charge is -2.43. The average Bonchev–Trinajstić information content (AvgIpc) is 2.74. The molecule has 3 amide bonds. The summed E-state index contributed by atoms with van der Waals surface area (Å²) in [5.41, 5.74) is 1.20. The number of carbonyl (C=O) groups is 3. The molecule has 0 radical (unpaired) electrons. The van der Waals surface area contributed by atoms with Gasteiger partial charge in [0.05, 0.1) is 0 Å². The number of rotatable bonds is 12. The van der Waals surface area contributed by atoms with Gasteiger partial charge in [-0.2, -0.15) is 11.8 Å². The van der Waals surface area contributed by atoms with E-state index in [1.54, 1.807) is 37.4 Å². The molecule has 1 aromatic rings. The third kappa shape index (κ3) is 9.06. The topological polar surface area (TPSA) is 87.7 Å². The number of hydrogen-bond donors (Lipinski definition) is 2. The highest BCUT2D eigenvalue weighted by atomic mass is 32.2. The first-order valence-electron chi connectivity index (χ1n) is 12.7. The Labute approximate surface area is 215 Å². The number of thioether (sulfide) groups is 1. The Balaban J connectivity index is 2.41. The van der Waals surface area contributed by atoms with Crippen molar-refractivity contribution >= 4 is 29.7 Å². The fraction of sp³-hybridized carbons (Fsp3) is 0.667. The lowest BCUT2D eigenvalue weighted by atomic mass is 9.87. The fourth-order valence-corrected chi connectivity index (χ4v) is 4.45. The van der Waals surface area contributed by atoms with Crippen molar-refractivity contribution in [3.05, 3.63) is 35.4 Å². The van der Waals surface area contributed by atoms with Crippen LogP contribution in [-0.4, -0.2) is 59.0 Å². The number of alkyl carbamates (subject to hydrolysis) is 1. The van der Waals surface area contributed by atoms with Gasteiger partial charge in [-0.05, 0) is 77.4 Å². The summed E-state index contributed by atoms with van der Waals surface area (Å²) >= 11 is 1.61. The molecule has 2 rings (SSSR count). The molecule has 2 atom stereocenters. The first-order chi connectivity index (χ1) is 16.6. The molecule has 1 aliphatic carbocycles. The van der Waals surface area contributed by atoms with E-state index in [2.05, 4.69) is 17.6 Å². The van der Waals surface area contributed by atoms with Crippen LogP contribution >= 0.6 is 11.8 Å². The van der Waals surface area contributed by atoms with E-state index >= 15 is 0 Å². The summed E-state index contributed by atoms with van der Waals surface area (Å²) < 4.78 is 5.44. The molecule has 2 N–H and O–H groups in total. The predicted molar refractivity (Wildman–Crippen MR) is 142 cm³/mol. The number of nitrogens with one attached hydrogen (secondary N) is 2. The van der Waals surface area contributed by atoms with Crippen LogP contribution in [0, 0.1) is 6.92 Å². The van der Waals surface area contributed by atoms with Crippen molar-refractivity contribution in [3.63, 3.8) is 0 Å². The number of benzene rings is 1. The molecule has 1 aromatic carbocycles. The van der Waals surface area contributed by atoms with Gasteiger partial charge < -0.3 is 20.3 Å². The van der Waals surface area contributed by atoms with Crippen LogP contribution in [-0.2, 0) is 14.3 Å². The SMILES string of the molecule is CCCCNC(=O)C(c1ccc(C)cc1)N(C(=O)C(CCSC)NC(=O)OC(C)(C)C)C1CCC1. The molecule has 35 heavy (non-hydrogen) atoms. The van der Waals surface area contributed by atoms with Crippen molar-refractivity contribution in [1.29, 1.82) is 0 Å². The molecule has 0 aromatic heterocycles. The minimum Gasteiger partial charge on any atom is -0.444 e. The molecule has 0 saturated heterocycles. The van der Waals surface area contributed by atoms with Crippen LogP contribution < -0.4 is 10.6 Å². The number of amides is 3. The molecular formula is C27H43N3O4S. The van der Waals surface area contributed by atoms with E-state index in [-0.39, 0.29) is 17.9 Å².